The van der Waals surface area contributed by atoms with E-state index in [1.165, 1.54) is 12.7 Å². The van der Waals surface area contributed by atoms with E-state index in [4.69, 9.17) is 9.47 Å². The van der Waals surface area contributed by atoms with E-state index in [1.54, 1.807) is 12.5 Å². The summed E-state index contributed by atoms with van der Waals surface area (Å²) in [6, 6.07) is 8.42. The van der Waals surface area contributed by atoms with E-state index in [-0.39, 0.29) is 12.1 Å². The van der Waals surface area contributed by atoms with Crippen LogP contribution in [0.2, 0.25) is 0 Å². The Kier molecular flexibility index (Phi) is 5.05. The van der Waals surface area contributed by atoms with E-state index in [9.17, 15) is 4.79 Å². The molecule has 0 amide bonds. The van der Waals surface area contributed by atoms with Crippen molar-refractivity contribution in [3.05, 3.63) is 48.5 Å². The molecule has 0 saturated carbocycles. The van der Waals surface area contributed by atoms with Crippen LogP contribution in [0.15, 0.2) is 43.0 Å². The fourth-order valence-electron chi connectivity index (χ4n) is 2.76. The van der Waals surface area contributed by atoms with Crippen LogP contribution in [0, 0.1) is 0 Å². The molecule has 0 radical (unpaired) electrons. The molecule has 6 heteroatoms. The Labute approximate surface area is 135 Å². The van der Waals surface area contributed by atoms with Gasteiger partial charge in [0.1, 0.15) is 0 Å². The molecule has 3 rings (SSSR count). The molecule has 0 spiro atoms. The molecule has 6 nitrogen and oxygen atoms in total. The predicted octanol–water partition coefficient (Wildman–Crippen LogP) is 1.64. The van der Waals surface area contributed by atoms with Gasteiger partial charge in [-0.1, -0.05) is 12.1 Å². The third kappa shape index (κ3) is 4.18. The van der Waals surface area contributed by atoms with Gasteiger partial charge in [0.15, 0.2) is 0 Å². The van der Waals surface area contributed by atoms with Crippen LogP contribution >= 0.6 is 0 Å². The van der Waals surface area contributed by atoms with Gasteiger partial charge < -0.3 is 14.0 Å². The summed E-state index contributed by atoms with van der Waals surface area (Å²) in [5, 5.41) is 0. The molecule has 0 aliphatic carbocycles. The Morgan fingerprint density at radius 1 is 1.39 bits per heavy atom. The number of carbonyl (C=O) groups is 1. The minimum absolute atomic E-state index is 0.0820. The van der Waals surface area contributed by atoms with Crippen molar-refractivity contribution >= 4 is 5.97 Å². The van der Waals surface area contributed by atoms with Crippen LogP contribution in [0.25, 0.3) is 5.69 Å². The van der Waals surface area contributed by atoms with Crippen LogP contribution in [0.3, 0.4) is 0 Å². The number of methoxy groups -OCH3 is 1. The fourth-order valence-corrected chi connectivity index (χ4v) is 2.76. The Hall–Kier alpha value is -2.18. The van der Waals surface area contributed by atoms with Crippen LogP contribution in [-0.4, -0.2) is 53.3 Å². The molecule has 2 heterocycles. The van der Waals surface area contributed by atoms with Crippen LogP contribution in [0.1, 0.15) is 12.0 Å². The van der Waals surface area contributed by atoms with Crippen LogP contribution in [0.4, 0.5) is 0 Å². The van der Waals surface area contributed by atoms with Gasteiger partial charge >= 0.3 is 5.97 Å². The molecular formula is C17H21N3O3. The smallest absolute Gasteiger partial charge is 0.308 e. The first-order chi connectivity index (χ1) is 11.2. The number of rotatable bonds is 5. The lowest BCUT2D eigenvalue weighted by atomic mass is 10.1. The lowest BCUT2D eigenvalue weighted by Gasteiger charge is -2.32. The number of ether oxygens (including phenoxy) is 2. The predicted molar refractivity (Wildman–Crippen MR) is 85.2 cm³/mol. The maximum atomic E-state index is 11.4. The van der Waals surface area contributed by atoms with Crippen molar-refractivity contribution in [2.75, 3.05) is 26.8 Å². The molecule has 1 atom stereocenters. The highest BCUT2D eigenvalue weighted by Crippen LogP contribution is 2.15. The number of carbonyl (C=O) groups excluding carboxylic acids is 1. The van der Waals surface area contributed by atoms with Crippen LogP contribution < -0.4 is 0 Å². The number of aromatic nitrogens is 2. The molecule has 0 N–H and O–H groups in total. The molecule has 1 saturated heterocycles. The zero-order chi connectivity index (χ0) is 16.1. The molecular weight excluding hydrogens is 294 g/mol. The van der Waals surface area contributed by atoms with Crippen molar-refractivity contribution in [3.63, 3.8) is 0 Å². The lowest BCUT2D eigenvalue weighted by Crippen LogP contribution is -2.42. The molecule has 122 valence electrons. The Morgan fingerprint density at radius 2 is 2.22 bits per heavy atom. The third-order valence-electron chi connectivity index (χ3n) is 3.99. The van der Waals surface area contributed by atoms with Crippen molar-refractivity contribution in [1.29, 1.82) is 0 Å². The van der Waals surface area contributed by atoms with Gasteiger partial charge in [-0.15, -0.1) is 0 Å². The molecule has 1 unspecified atom stereocenters. The van der Waals surface area contributed by atoms with Crippen molar-refractivity contribution in [2.45, 2.75) is 19.1 Å². The van der Waals surface area contributed by atoms with Gasteiger partial charge in [-0.05, 0) is 17.7 Å². The van der Waals surface area contributed by atoms with Crippen LogP contribution in [0.5, 0.6) is 0 Å². The quantitative estimate of drug-likeness (QED) is 0.785. The van der Waals surface area contributed by atoms with Crippen molar-refractivity contribution in [3.8, 4) is 5.69 Å². The number of imidazole rings is 1. The monoisotopic (exact) mass is 315 g/mol. The Bertz CT molecular complexity index is 625. The highest BCUT2D eigenvalue weighted by Gasteiger charge is 2.23. The van der Waals surface area contributed by atoms with Crippen molar-refractivity contribution in [2.24, 2.45) is 0 Å². The van der Waals surface area contributed by atoms with Gasteiger partial charge in [0.25, 0.3) is 0 Å². The van der Waals surface area contributed by atoms with Gasteiger partial charge in [0, 0.05) is 37.7 Å². The standard InChI is InChI=1S/C17H21N3O3/c1-22-17(21)10-16-12-19(8-9-23-16)11-14-2-4-15(5-3-14)20-7-6-18-13-20/h2-7,13,16H,8-12H2,1H3. The van der Waals surface area contributed by atoms with E-state index in [2.05, 4.69) is 34.1 Å². The normalized spacial score (nSPS) is 18.7. The van der Waals surface area contributed by atoms with E-state index in [1.807, 2.05) is 10.8 Å². The molecule has 2 aromatic rings. The molecule has 1 aromatic heterocycles. The van der Waals surface area contributed by atoms with Gasteiger partial charge in [0.05, 0.1) is 32.6 Å². The highest BCUT2D eigenvalue weighted by molar-refractivity contribution is 5.69. The topological polar surface area (TPSA) is 56.6 Å². The summed E-state index contributed by atoms with van der Waals surface area (Å²) in [6.45, 7) is 3.12. The third-order valence-corrected chi connectivity index (χ3v) is 3.99. The summed E-state index contributed by atoms with van der Waals surface area (Å²) in [5.74, 6) is -0.221. The summed E-state index contributed by atoms with van der Waals surface area (Å²) in [7, 11) is 1.41. The maximum Gasteiger partial charge on any atom is 0.308 e. The molecule has 1 aliphatic heterocycles. The number of hydrogen-bond acceptors (Lipinski definition) is 5. The number of hydrogen-bond donors (Lipinski definition) is 0. The number of morpholine rings is 1. The zero-order valence-electron chi connectivity index (χ0n) is 13.2. The van der Waals surface area contributed by atoms with Gasteiger partial charge in [-0.3, -0.25) is 9.69 Å². The van der Waals surface area contributed by atoms with Crippen molar-refractivity contribution < 1.29 is 14.3 Å². The average Bonchev–Trinajstić information content (AvgIpc) is 3.10. The SMILES string of the molecule is COC(=O)CC1CN(Cc2ccc(-n3ccnc3)cc2)CCO1. The number of nitrogens with zero attached hydrogens (tertiary/aromatic N) is 3. The largest absolute Gasteiger partial charge is 0.469 e. The fraction of sp³-hybridized carbons (Fsp3) is 0.412. The molecule has 1 aliphatic rings. The first-order valence-corrected chi connectivity index (χ1v) is 7.72. The summed E-state index contributed by atoms with van der Waals surface area (Å²) in [5.41, 5.74) is 2.34. The summed E-state index contributed by atoms with van der Waals surface area (Å²) in [6.07, 6.45) is 5.71. The van der Waals surface area contributed by atoms with Gasteiger partial charge in [0.2, 0.25) is 0 Å². The van der Waals surface area contributed by atoms with Crippen molar-refractivity contribution in [1.82, 2.24) is 14.5 Å². The van der Waals surface area contributed by atoms with E-state index < -0.39 is 0 Å². The van der Waals surface area contributed by atoms with E-state index in [0.29, 0.717) is 13.0 Å². The zero-order valence-corrected chi connectivity index (χ0v) is 13.2. The van der Waals surface area contributed by atoms with Crippen LogP contribution in [-0.2, 0) is 20.8 Å². The number of benzene rings is 1. The minimum atomic E-state index is -0.221. The molecule has 1 fully saturated rings. The highest BCUT2D eigenvalue weighted by atomic mass is 16.5. The molecule has 0 bridgehead atoms. The summed E-state index contributed by atoms with van der Waals surface area (Å²) in [4.78, 5) is 17.7. The number of esters is 1. The maximum absolute atomic E-state index is 11.4. The second kappa shape index (κ2) is 7.39. The summed E-state index contributed by atoms with van der Waals surface area (Å²) < 4.78 is 12.3. The molecule has 23 heavy (non-hydrogen) atoms. The molecule has 1 aromatic carbocycles. The lowest BCUT2D eigenvalue weighted by molar-refractivity contribution is -0.145. The van der Waals surface area contributed by atoms with Gasteiger partial charge in [-0.25, -0.2) is 4.98 Å². The van der Waals surface area contributed by atoms with E-state index >= 15 is 0 Å². The first-order valence-electron chi connectivity index (χ1n) is 7.72. The minimum Gasteiger partial charge on any atom is -0.469 e. The first kappa shape index (κ1) is 15.7. The van der Waals surface area contributed by atoms with Gasteiger partial charge in [-0.2, -0.15) is 0 Å². The second-order valence-electron chi connectivity index (χ2n) is 5.64. The van der Waals surface area contributed by atoms with E-state index in [0.717, 1.165) is 25.3 Å². The Balaban J connectivity index is 1.57. The summed E-state index contributed by atoms with van der Waals surface area (Å²) >= 11 is 0. The average molecular weight is 315 g/mol. The Morgan fingerprint density at radius 3 is 2.91 bits per heavy atom. The second-order valence-corrected chi connectivity index (χ2v) is 5.64.